The van der Waals surface area contributed by atoms with Gasteiger partial charge in [-0.15, -0.1) is 0 Å². The molecule has 1 atom stereocenters. The van der Waals surface area contributed by atoms with E-state index in [1.165, 1.54) is 12.8 Å². The second-order valence-electron chi connectivity index (χ2n) is 2.44. The van der Waals surface area contributed by atoms with Crippen LogP contribution in [0.1, 0.15) is 33.6 Å². The Morgan fingerprint density at radius 1 is 1.45 bits per heavy atom. The summed E-state index contributed by atoms with van der Waals surface area (Å²) in [7, 11) is 0. The lowest BCUT2D eigenvalue weighted by molar-refractivity contribution is 0.110. The Hall–Kier alpha value is -0.0800. The van der Waals surface area contributed by atoms with Gasteiger partial charge in [0.15, 0.2) is 0 Å². The molecule has 2 heteroatoms. The number of nitrogens with one attached hydrogen (secondary N) is 1. The van der Waals surface area contributed by atoms with Gasteiger partial charge in [0.25, 0.3) is 0 Å². The highest BCUT2D eigenvalue weighted by Gasteiger charge is 2.13. The summed E-state index contributed by atoms with van der Waals surface area (Å²) in [4.78, 5) is 0. The van der Waals surface area contributed by atoms with Crippen molar-refractivity contribution in [1.82, 2.24) is 5.32 Å². The van der Waals surface area contributed by atoms with E-state index in [-0.39, 0.29) is 0 Å². The molecule has 0 saturated carbocycles. The van der Waals surface area contributed by atoms with Gasteiger partial charge in [-0.25, -0.2) is 0 Å². The Labute approximate surface area is 70.3 Å². The van der Waals surface area contributed by atoms with E-state index >= 15 is 0 Å². The van der Waals surface area contributed by atoms with Crippen molar-refractivity contribution in [2.24, 2.45) is 0 Å². The van der Waals surface area contributed by atoms with E-state index < -0.39 is 0 Å². The van der Waals surface area contributed by atoms with Gasteiger partial charge in [0.05, 0.1) is 6.10 Å². The first-order chi connectivity index (χ1) is 5.43. The van der Waals surface area contributed by atoms with Crippen LogP contribution < -0.4 is 5.32 Å². The van der Waals surface area contributed by atoms with Crippen LogP contribution in [0.25, 0.3) is 0 Å². The average Bonchev–Trinajstić information content (AvgIpc) is 2.57. The first-order valence-electron chi connectivity index (χ1n) is 4.76. The van der Waals surface area contributed by atoms with Gasteiger partial charge in [-0.05, 0) is 19.4 Å². The Kier molecular flexibility index (Phi) is 7.96. The molecule has 0 aromatic heterocycles. The Balaban J connectivity index is 0.000000461. The first-order valence-corrected chi connectivity index (χ1v) is 4.76. The SMILES string of the molecule is CC.CCNCC1CCCO1. The van der Waals surface area contributed by atoms with E-state index in [4.69, 9.17) is 4.74 Å². The third kappa shape index (κ3) is 5.22. The first kappa shape index (κ1) is 10.9. The minimum Gasteiger partial charge on any atom is -0.377 e. The molecule has 1 aliphatic heterocycles. The lowest BCUT2D eigenvalue weighted by Crippen LogP contribution is -2.25. The maximum absolute atomic E-state index is 5.39. The minimum absolute atomic E-state index is 0.505. The second-order valence-corrected chi connectivity index (χ2v) is 2.44. The van der Waals surface area contributed by atoms with Crippen LogP contribution in [0.4, 0.5) is 0 Å². The standard InChI is InChI=1S/C7H15NO.C2H6/c1-2-8-6-7-4-3-5-9-7;1-2/h7-8H,2-6H2,1H3;1-2H3. The summed E-state index contributed by atoms with van der Waals surface area (Å²) in [5.74, 6) is 0. The molecule has 0 spiro atoms. The normalized spacial score (nSPS) is 22.6. The maximum Gasteiger partial charge on any atom is 0.0700 e. The summed E-state index contributed by atoms with van der Waals surface area (Å²) in [5.41, 5.74) is 0. The Morgan fingerprint density at radius 2 is 2.18 bits per heavy atom. The van der Waals surface area contributed by atoms with Crippen LogP contribution in [-0.2, 0) is 4.74 Å². The van der Waals surface area contributed by atoms with E-state index in [1.54, 1.807) is 0 Å². The van der Waals surface area contributed by atoms with Crippen LogP contribution in [0.5, 0.6) is 0 Å². The third-order valence-corrected chi connectivity index (χ3v) is 1.65. The van der Waals surface area contributed by atoms with Crippen molar-refractivity contribution in [2.45, 2.75) is 39.7 Å². The molecular formula is C9H21NO. The van der Waals surface area contributed by atoms with Crippen LogP contribution in [0.2, 0.25) is 0 Å². The predicted octanol–water partition coefficient (Wildman–Crippen LogP) is 1.80. The van der Waals surface area contributed by atoms with E-state index in [2.05, 4.69) is 12.2 Å². The third-order valence-electron chi connectivity index (χ3n) is 1.65. The summed E-state index contributed by atoms with van der Waals surface area (Å²) in [5, 5.41) is 3.27. The maximum atomic E-state index is 5.39. The zero-order valence-corrected chi connectivity index (χ0v) is 8.02. The van der Waals surface area contributed by atoms with E-state index in [0.29, 0.717) is 6.10 Å². The fourth-order valence-corrected chi connectivity index (χ4v) is 1.11. The van der Waals surface area contributed by atoms with Crippen LogP contribution in [0, 0.1) is 0 Å². The van der Waals surface area contributed by atoms with Crippen molar-refractivity contribution in [1.29, 1.82) is 0 Å². The number of likely N-dealkylation sites (N-methyl/N-ethyl adjacent to an activating group) is 1. The fraction of sp³-hybridized carbons (Fsp3) is 1.00. The van der Waals surface area contributed by atoms with Gasteiger partial charge < -0.3 is 10.1 Å². The molecule has 1 saturated heterocycles. The van der Waals surface area contributed by atoms with Crippen molar-refractivity contribution >= 4 is 0 Å². The molecule has 68 valence electrons. The highest BCUT2D eigenvalue weighted by molar-refractivity contribution is 4.66. The Bertz CT molecular complexity index is 70.0. The van der Waals surface area contributed by atoms with Gasteiger partial charge in [0.1, 0.15) is 0 Å². The molecule has 0 bridgehead atoms. The summed E-state index contributed by atoms with van der Waals surface area (Å²) in [6.45, 7) is 9.18. The average molecular weight is 159 g/mol. The molecule has 1 unspecified atom stereocenters. The summed E-state index contributed by atoms with van der Waals surface area (Å²) < 4.78 is 5.39. The summed E-state index contributed by atoms with van der Waals surface area (Å²) in [6.07, 6.45) is 2.99. The Morgan fingerprint density at radius 3 is 2.64 bits per heavy atom. The number of hydrogen-bond acceptors (Lipinski definition) is 2. The molecule has 0 radical (unpaired) electrons. The van der Waals surface area contributed by atoms with Crippen molar-refractivity contribution in [3.63, 3.8) is 0 Å². The minimum atomic E-state index is 0.505. The van der Waals surface area contributed by atoms with E-state index in [1.807, 2.05) is 13.8 Å². The predicted molar refractivity (Wildman–Crippen MR) is 48.9 cm³/mol. The molecule has 0 aliphatic carbocycles. The van der Waals surface area contributed by atoms with E-state index in [9.17, 15) is 0 Å². The van der Waals surface area contributed by atoms with Crippen molar-refractivity contribution in [3.8, 4) is 0 Å². The number of hydrogen-bond donors (Lipinski definition) is 1. The van der Waals surface area contributed by atoms with E-state index in [0.717, 1.165) is 19.7 Å². The lowest BCUT2D eigenvalue weighted by Gasteiger charge is -2.07. The van der Waals surface area contributed by atoms with Crippen molar-refractivity contribution in [3.05, 3.63) is 0 Å². The molecule has 2 nitrogen and oxygen atoms in total. The van der Waals surface area contributed by atoms with Crippen molar-refractivity contribution in [2.75, 3.05) is 19.7 Å². The number of ether oxygens (including phenoxy) is 1. The molecule has 1 aliphatic rings. The molecule has 1 heterocycles. The monoisotopic (exact) mass is 159 g/mol. The summed E-state index contributed by atoms with van der Waals surface area (Å²) >= 11 is 0. The van der Waals surface area contributed by atoms with Crippen LogP contribution >= 0.6 is 0 Å². The van der Waals surface area contributed by atoms with Crippen LogP contribution in [0.15, 0.2) is 0 Å². The van der Waals surface area contributed by atoms with Gasteiger partial charge >= 0.3 is 0 Å². The van der Waals surface area contributed by atoms with Gasteiger partial charge in [-0.2, -0.15) is 0 Å². The highest BCUT2D eigenvalue weighted by Crippen LogP contribution is 2.09. The molecule has 1 rings (SSSR count). The highest BCUT2D eigenvalue weighted by atomic mass is 16.5. The van der Waals surface area contributed by atoms with Gasteiger partial charge in [0, 0.05) is 13.2 Å². The van der Waals surface area contributed by atoms with Crippen LogP contribution in [0.3, 0.4) is 0 Å². The molecule has 11 heavy (non-hydrogen) atoms. The topological polar surface area (TPSA) is 21.3 Å². The smallest absolute Gasteiger partial charge is 0.0700 e. The molecule has 1 fully saturated rings. The molecule has 1 N–H and O–H groups in total. The lowest BCUT2D eigenvalue weighted by atomic mass is 10.2. The van der Waals surface area contributed by atoms with Gasteiger partial charge in [-0.3, -0.25) is 0 Å². The van der Waals surface area contributed by atoms with Crippen LogP contribution in [-0.4, -0.2) is 25.8 Å². The number of rotatable bonds is 3. The fourth-order valence-electron chi connectivity index (χ4n) is 1.11. The summed E-state index contributed by atoms with van der Waals surface area (Å²) in [6, 6.07) is 0. The second kappa shape index (κ2) is 8.02. The quantitative estimate of drug-likeness (QED) is 0.678. The zero-order valence-electron chi connectivity index (χ0n) is 8.02. The molecule has 0 aromatic rings. The molecule has 0 amide bonds. The zero-order chi connectivity index (χ0) is 8.53. The molecule has 0 aromatic carbocycles. The van der Waals surface area contributed by atoms with Crippen molar-refractivity contribution < 1.29 is 4.74 Å². The van der Waals surface area contributed by atoms with Gasteiger partial charge in [-0.1, -0.05) is 20.8 Å². The van der Waals surface area contributed by atoms with Gasteiger partial charge in [0.2, 0.25) is 0 Å². The molecular weight excluding hydrogens is 138 g/mol. The largest absolute Gasteiger partial charge is 0.377 e.